The number of anilines is 1. The van der Waals surface area contributed by atoms with E-state index in [2.05, 4.69) is 16.0 Å². The third-order valence-corrected chi connectivity index (χ3v) is 4.20. The molecule has 0 aliphatic carbocycles. The highest BCUT2D eigenvalue weighted by Gasteiger charge is 2.17. The molecule has 0 unspecified atom stereocenters. The van der Waals surface area contributed by atoms with Crippen LogP contribution >= 0.6 is 12.4 Å². The van der Waals surface area contributed by atoms with Crippen molar-refractivity contribution in [2.75, 3.05) is 18.4 Å². The van der Waals surface area contributed by atoms with E-state index in [9.17, 15) is 9.59 Å². The van der Waals surface area contributed by atoms with Crippen LogP contribution < -0.4 is 16.0 Å². The van der Waals surface area contributed by atoms with Gasteiger partial charge >= 0.3 is 0 Å². The molecule has 1 fully saturated rings. The van der Waals surface area contributed by atoms with Gasteiger partial charge in [0, 0.05) is 30.3 Å². The van der Waals surface area contributed by atoms with Crippen LogP contribution in [0.5, 0.6) is 0 Å². The largest absolute Gasteiger partial charge is 0.352 e. The Bertz CT molecular complexity index is 556. The number of carbonyl (C=O) groups excluding carboxylic acids is 2. The summed E-state index contributed by atoms with van der Waals surface area (Å²) in [5.74, 6) is 0.0106. The first kappa shape index (κ1) is 16.8. The Labute approximate surface area is 136 Å². The zero-order valence-corrected chi connectivity index (χ0v) is 13.3. The van der Waals surface area contributed by atoms with Crippen molar-refractivity contribution in [1.82, 2.24) is 10.6 Å². The van der Waals surface area contributed by atoms with E-state index in [0.717, 1.165) is 24.2 Å². The van der Waals surface area contributed by atoms with Gasteiger partial charge in [-0.25, -0.2) is 0 Å². The molecular weight excluding hydrogens is 302 g/mol. The molecule has 3 N–H and O–H groups in total. The van der Waals surface area contributed by atoms with Crippen LogP contribution in [-0.2, 0) is 11.2 Å². The van der Waals surface area contributed by atoms with Crippen molar-refractivity contribution in [2.24, 2.45) is 0 Å². The van der Waals surface area contributed by atoms with Crippen LogP contribution in [0.25, 0.3) is 0 Å². The van der Waals surface area contributed by atoms with Crippen LogP contribution in [0.3, 0.4) is 0 Å². The van der Waals surface area contributed by atoms with Crippen molar-refractivity contribution in [3.05, 3.63) is 29.3 Å². The normalized spacial score (nSPS) is 19.8. The minimum atomic E-state index is -0.0345. The van der Waals surface area contributed by atoms with Crippen molar-refractivity contribution in [2.45, 2.75) is 38.1 Å². The molecule has 5 nitrogen and oxygen atoms in total. The summed E-state index contributed by atoms with van der Waals surface area (Å²) in [4.78, 5) is 23.5. The molecule has 2 heterocycles. The number of hydrogen-bond donors (Lipinski definition) is 3. The highest BCUT2D eigenvalue weighted by atomic mass is 35.5. The Morgan fingerprint density at radius 2 is 2.18 bits per heavy atom. The Kier molecular flexibility index (Phi) is 5.80. The predicted octanol–water partition coefficient (Wildman–Crippen LogP) is 1.86. The Balaban J connectivity index is 0.00000176. The van der Waals surface area contributed by atoms with Crippen LogP contribution in [0.2, 0.25) is 0 Å². The lowest BCUT2D eigenvalue weighted by Gasteiger charge is -2.17. The van der Waals surface area contributed by atoms with E-state index in [0.29, 0.717) is 31.0 Å². The fraction of sp³-hybridized carbons (Fsp3) is 0.500. The van der Waals surface area contributed by atoms with Gasteiger partial charge in [-0.1, -0.05) is 0 Å². The maximum atomic E-state index is 12.1. The highest BCUT2D eigenvalue weighted by molar-refractivity contribution is 5.97. The Hall–Kier alpha value is -1.59. The van der Waals surface area contributed by atoms with Crippen molar-refractivity contribution < 1.29 is 9.59 Å². The van der Waals surface area contributed by atoms with Crippen molar-refractivity contribution in [3.63, 3.8) is 0 Å². The molecule has 0 radical (unpaired) electrons. The number of fused-ring (bicyclic) bond motifs is 1. The quantitative estimate of drug-likeness (QED) is 0.792. The first-order valence-electron chi connectivity index (χ1n) is 7.67. The summed E-state index contributed by atoms with van der Waals surface area (Å²) >= 11 is 0. The van der Waals surface area contributed by atoms with Gasteiger partial charge in [0.15, 0.2) is 0 Å². The van der Waals surface area contributed by atoms with Gasteiger partial charge in [-0.15, -0.1) is 12.4 Å². The van der Waals surface area contributed by atoms with E-state index in [4.69, 9.17) is 0 Å². The summed E-state index contributed by atoms with van der Waals surface area (Å²) in [7, 11) is 0. The molecule has 6 heteroatoms. The number of carbonyl (C=O) groups is 2. The molecular formula is C16H22ClN3O2. The molecule has 0 bridgehead atoms. The lowest BCUT2D eigenvalue weighted by atomic mass is 10.00. The molecule has 2 aliphatic rings. The van der Waals surface area contributed by atoms with Gasteiger partial charge < -0.3 is 16.0 Å². The van der Waals surface area contributed by atoms with E-state index < -0.39 is 0 Å². The van der Waals surface area contributed by atoms with Gasteiger partial charge in [0.2, 0.25) is 5.91 Å². The van der Waals surface area contributed by atoms with Crippen LogP contribution in [0.15, 0.2) is 18.2 Å². The average Bonchev–Trinajstić information content (AvgIpc) is 3.00. The van der Waals surface area contributed by atoms with Crippen LogP contribution in [0.4, 0.5) is 5.69 Å². The fourth-order valence-corrected chi connectivity index (χ4v) is 2.99. The molecule has 22 heavy (non-hydrogen) atoms. The second-order valence-electron chi connectivity index (χ2n) is 5.76. The summed E-state index contributed by atoms with van der Waals surface area (Å²) in [6, 6.07) is 6.02. The minimum absolute atomic E-state index is 0. The molecule has 0 saturated carbocycles. The van der Waals surface area contributed by atoms with Crippen LogP contribution in [-0.4, -0.2) is 30.9 Å². The maximum absolute atomic E-state index is 12.1. The van der Waals surface area contributed by atoms with Crippen LogP contribution in [0, 0.1) is 0 Å². The van der Waals surface area contributed by atoms with E-state index in [1.165, 1.54) is 12.8 Å². The summed E-state index contributed by atoms with van der Waals surface area (Å²) < 4.78 is 0. The molecule has 0 spiro atoms. The summed E-state index contributed by atoms with van der Waals surface area (Å²) in [5.41, 5.74) is 2.54. The molecule has 2 aliphatic heterocycles. The fourth-order valence-electron chi connectivity index (χ4n) is 2.99. The van der Waals surface area contributed by atoms with E-state index in [1.807, 2.05) is 12.1 Å². The van der Waals surface area contributed by atoms with Crippen molar-refractivity contribution >= 4 is 29.9 Å². The zero-order chi connectivity index (χ0) is 14.7. The summed E-state index contributed by atoms with van der Waals surface area (Å²) in [6.45, 7) is 1.79. The lowest BCUT2D eigenvalue weighted by molar-refractivity contribution is -0.116. The van der Waals surface area contributed by atoms with E-state index in [-0.39, 0.29) is 24.2 Å². The Morgan fingerprint density at radius 3 is 2.95 bits per heavy atom. The number of nitrogens with one attached hydrogen (secondary N) is 3. The average molecular weight is 324 g/mol. The highest BCUT2D eigenvalue weighted by Crippen LogP contribution is 2.23. The van der Waals surface area contributed by atoms with Gasteiger partial charge in [-0.05, 0) is 56.0 Å². The third-order valence-electron chi connectivity index (χ3n) is 4.20. The van der Waals surface area contributed by atoms with E-state index in [1.54, 1.807) is 6.07 Å². The molecule has 1 aromatic carbocycles. The third kappa shape index (κ3) is 3.99. The number of amides is 2. The maximum Gasteiger partial charge on any atom is 0.251 e. The first-order valence-corrected chi connectivity index (χ1v) is 7.67. The monoisotopic (exact) mass is 323 g/mol. The molecule has 3 rings (SSSR count). The molecule has 2 amide bonds. The van der Waals surface area contributed by atoms with Gasteiger partial charge in [0.25, 0.3) is 5.91 Å². The molecule has 1 saturated heterocycles. The van der Waals surface area contributed by atoms with Crippen LogP contribution in [0.1, 0.15) is 41.6 Å². The van der Waals surface area contributed by atoms with Gasteiger partial charge in [-0.2, -0.15) is 0 Å². The number of rotatable bonds is 4. The number of hydrogen-bond acceptors (Lipinski definition) is 3. The number of benzene rings is 1. The van der Waals surface area contributed by atoms with Gasteiger partial charge in [-0.3, -0.25) is 9.59 Å². The van der Waals surface area contributed by atoms with Gasteiger partial charge in [0.1, 0.15) is 0 Å². The zero-order valence-electron chi connectivity index (χ0n) is 12.5. The molecule has 1 aromatic rings. The Morgan fingerprint density at radius 1 is 1.32 bits per heavy atom. The van der Waals surface area contributed by atoms with Crippen molar-refractivity contribution in [1.29, 1.82) is 0 Å². The summed E-state index contributed by atoms with van der Waals surface area (Å²) in [6.07, 6.45) is 4.61. The van der Waals surface area contributed by atoms with Crippen molar-refractivity contribution in [3.8, 4) is 0 Å². The second kappa shape index (κ2) is 7.61. The first-order chi connectivity index (χ1) is 10.2. The molecule has 120 valence electrons. The number of aryl methyl sites for hydroxylation is 1. The number of halogens is 1. The summed E-state index contributed by atoms with van der Waals surface area (Å²) in [5, 5.41) is 9.23. The second-order valence-corrected chi connectivity index (χ2v) is 5.76. The SMILES string of the molecule is Cl.O=C1CCc2cc(C(=O)NCC[C@H]3CCCN3)ccc2N1. The molecule has 0 aromatic heterocycles. The van der Waals surface area contributed by atoms with Gasteiger partial charge in [0.05, 0.1) is 0 Å². The lowest BCUT2D eigenvalue weighted by Crippen LogP contribution is -2.30. The smallest absolute Gasteiger partial charge is 0.251 e. The topological polar surface area (TPSA) is 70.2 Å². The minimum Gasteiger partial charge on any atom is -0.352 e. The molecule has 1 atom stereocenters. The van der Waals surface area contributed by atoms with E-state index >= 15 is 0 Å². The predicted molar refractivity (Wildman–Crippen MR) is 88.6 cm³/mol. The standard InChI is InChI=1S/C16H21N3O2.ClH/c20-15-6-4-11-10-12(3-5-14(11)19-15)16(21)18-9-7-13-2-1-8-17-13;/h3,5,10,13,17H,1-2,4,6-9H2,(H,18,21)(H,19,20);1H/t13-;/m1./s1.